The molecule has 1 aromatic rings. The number of carboxylic acids is 1. The van der Waals surface area contributed by atoms with Crippen LogP contribution >= 0.6 is 0 Å². The fourth-order valence-electron chi connectivity index (χ4n) is 1.99. The second kappa shape index (κ2) is 5.25. The molecule has 0 aliphatic carbocycles. The first kappa shape index (κ1) is 12.0. The van der Waals surface area contributed by atoms with Crippen LogP contribution < -0.4 is 0 Å². The van der Waals surface area contributed by atoms with E-state index in [2.05, 4.69) is 9.88 Å². The van der Waals surface area contributed by atoms with Crippen LogP contribution in [0.25, 0.3) is 0 Å². The molecule has 5 heteroatoms. The summed E-state index contributed by atoms with van der Waals surface area (Å²) in [6, 6.07) is 5.04. The third-order valence-electron chi connectivity index (χ3n) is 2.97. The summed E-state index contributed by atoms with van der Waals surface area (Å²) in [5, 5.41) is 18.2. The van der Waals surface area contributed by atoms with Crippen LogP contribution in [0.15, 0.2) is 18.2 Å². The summed E-state index contributed by atoms with van der Waals surface area (Å²) in [7, 11) is 0. The summed E-state index contributed by atoms with van der Waals surface area (Å²) in [5.74, 6) is -0.999. The molecular formula is C12H16N2O3. The van der Waals surface area contributed by atoms with E-state index in [-0.39, 0.29) is 11.8 Å². The van der Waals surface area contributed by atoms with Gasteiger partial charge in [0.2, 0.25) is 0 Å². The molecule has 0 bridgehead atoms. The van der Waals surface area contributed by atoms with Gasteiger partial charge >= 0.3 is 5.97 Å². The van der Waals surface area contributed by atoms with E-state index >= 15 is 0 Å². The smallest absolute Gasteiger partial charge is 0.354 e. The number of aromatic carboxylic acids is 1. The summed E-state index contributed by atoms with van der Waals surface area (Å²) in [4.78, 5) is 17.0. The van der Waals surface area contributed by atoms with Crippen LogP contribution in [0.2, 0.25) is 0 Å². The van der Waals surface area contributed by atoms with Crippen molar-refractivity contribution in [2.24, 2.45) is 0 Å². The highest BCUT2D eigenvalue weighted by atomic mass is 16.4. The minimum absolute atomic E-state index is 0.0829. The van der Waals surface area contributed by atoms with E-state index in [4.69, 9.17) is 5.11 Å². The highest BCUT2D eigenvalue weighted by Crippen LogP contribution is 2.12. The first-order valence-electron chi connectivity index (χ1n) is 5.75. The number of aliphatic hydroxyl groups is 1. The zero-order valence-electron chi connectivity index (χ0n) is 9.54. The van der Waals surface area contributed by atoms with Crippen molar-refractivity contribution in [3.63, 3.8) is 0 Å². The number of likely N-dealkylation sites (tertiary alicyclic amines) is 1. The van der Waals surface area contributed by atoms with Crippen molar-refractivity contribution in [1.29, 1.82) is 0 Å². The van der Waals surface area contributed by atoms with E-state index in [0.29, 0.717) is 6.54 Å². The molecule has 0 unspecified atom stereocenters. The number of carboxylic acid groups (broad SMARTS) is 1. The van der Waals surface area contributed by atoms with Crippen LogP contribution in [0.3, 0.4) is 0 Å². The maximum atomic E-state index is 10.8. The van der Waals surface area contributed by atoms with Crippen molar-refractivity contribution in [3.05, 3.63) is 29.6 Å². The molecule has 0 atom stereocenters. The van der Waals surface area contributed by atoms with Crippen LogP contribution in [-0.4, -0.2) is 45.3 Å². The Bertz CT molecular complexity index is 400. The first-order valence-corrected chi connectivity index (χ1v) is 5.75. The van der Waals surface area contributed by atoms with Crippen molar-refractivity contribution in [2.75, 3.05) is 13.1 Å². The first-order chi connectivity index (χ1) is 8.15. The van der Waals surface area contributed by atoms with Crippen molar-refractivity contribution in [1.82, 2.24) is 9.88 Å². The summed E-state index contributed by atoms with van der Waals surface area (Å²) in [5.41, 5.74) is 0.848. The molecule has 2 rings (SSSR count). The number of aromatic nitrogens is 1. The number of hydrogen-bond donors (Lipinski definition) is 2. The predicted molar refractivity (Wildman–Crippen MR) is 61.7 cm³/mol. The number of rotatable bonds is 3. The lowest BCUT2D eigenvalue weighted by Gasteiger charge is -2.29. The summed E-state index contributed by atoms with van der Waals surface area (Å²) in [6.45, 7) is 2.31. The quantitative estimate of drug-likeness (QED) is 0.809. The van der Waals surface area contributed by atoms with Gasteiger partial charge in [-0.3, -0.25) is 4.90 Å². The Morgan fingerprint density at radius 1 is 1.41 bits per heavy atom. The van der Waals surface area contributed by atoms with Gasteiger partial charge in [0, 0.05) is 19.6 Å². The molecule has 17 heavy (non-hydrogen) atoms. The molecule has 1 saturated heterocycles. The molecule has 0 aromatic carbocycles. The number of pyridine rings is 1. The van der Waals surface area contributed by atoms with Gasteiger partial charge in [0.25, 0.3) is 0 Å². The summed E-state index contributed by atoms with van der Waals surface area (Å²) in [6.07, 6.45) is 1.36. The van der Waals surface area contributed by atoms with Crippen LogP contribution in [0.1, 0.15) is 29.0 Å². The Morgan fingerprint density at radius 3 is 2.76 bits per heavy atom. The molecule has 5 nitrogen and oxygen atoms in total. The standard InChI is InChI=1S/C12H16N2O3/c15-10-4-6-14(7-5-10)8-9-2-1-3-11(13-9)12(16)17/h1-3,10,15H,4-8H2,(H,16,17). The number of carbonyl (C=O) groups is 1. The van der Waals surface area contributed by atoms with Crippen LogP contribution in [0.5, 0.6) is 0 Å². The number of hydrogen-bond acceptors (Lipinski definition) is 4. The average molecular weight is 236 g/mol. The van der Waals surface area contributed by atoms with Gasteiger partial charge in [-0.1, -0.05) is 6.07 Å². The molecule has 2 heterocycles. The lowest BCUT2D eigenvalue weighted by atomic mass is 10.1. The summed E-state index contributed by atoms with van der Waals surface area (Å²) < 4.78 is 0. The highest BCUT2D eigenvalue weighted by molar-refractivity contribution is 5.85. The van der Waals surface area contributed by atoms with Crippen LogP contribution in [0.4, 0.5) is 0 Å². The Labute approximate surface area is 99.7 Å². The van der Waals surface area contributed by atoms with Gasteiger partial charge in [-0.25, -0.2) is 9.78 Å². The van der Waals surface area contributed by atoms with Crippen molar-refractivity contribution in [3.8, 4) is 0 Å². The number of aliphatic hydroxyl groups excluding tert-OH is 1. The minimum atomic E-state index is -0.999. The SMILES string of the molecule is O=C(O)c1cccc(CN2CCC(O)CC2)n1. The Morgan fingerprint density at radius 2 is 2.12 bits per heavy atom. The predicted octanol–water partition coefficient (Wildman–Crippen LogP) is 0.736. The van der Waals surface area contributed by atoms with Crippen molar-refractivity contribution in [2.45, 2.75) is 25.5 Å². The lowest BCUT2D eigenvalue weighted by molar-refractivity contribution is 0.0689. The summed E-state index contributed by atoms with van der Waals surface area (Å²) >= 11 is 0. The van der Waals surface area contributed by atoms with E-state index in [9.17, 15) is 9.90 Å². The topological polar surface area (TPSA) is 73.7 Å². The maximum Gasteiger partial charge on any atom is 0.354 e. The monoisotopic (exact) mass is 236 g/mol. The average Bonchev–Trinajstić information content (AvgIpc) is 2.32. The van der Waals surface area contributed by atoms with Gasteiger partial charge in [0.05, 0.1) is 11.8 Å². The van der Waals surface area contributed by atoms with Crippen LogP contribution in [-0.2, 0) is 6.54 Å². The van der Waals surface area contributed by atoms with E-state index < -0.39 is 5.97 Å². The molecule has 0 saturated carbocycles. The molecule has 2 N–H and O–H groups in total. The number of piperidine rings is 1. The molecule has 1 aliphatic heterocycles. The molecule has 1 aromatic heterocycles. The van der Waals surface area contributed by atoms with Crippen LogP contribution in [0, 0.1) is 0 Å². The molecule has 0 radical (unpaired) electrons. The largest absolute Gasteiger partial charge is 0.477 e. The second-order valence-electron chi connectivity index (χ2n) is 4.33. The Hall–Kier alpha value is -1.46. The maximum absolute atomic E-state index is 10.8. The van der Waals surface area contributed by atoms with Gasteiger partial charge in [0.1, 0.15) is 5.69 Å². The molecule has 0 spiro atoms. The normalized spacial score (nSPS) is 18.2. The van der Waals surface area contributed by atoms with Gasteiger partial charge in [-0.2, -0.15) is 0 Å². The fourth-order valence-corrected chi connectivity index (χ4v) is 1.99. The lowest BCUT2D eigenvalue weighted by Crippen LogP contribution is -2.35. The third kappa shape index (κ3) is 3.25. The zero-order chi connectivity index (χ0) is 12.3. The molecule has 1 aliphatic rings. The number of nitrogens with zero attached hydrogens (tertiary/aromatic N) is 2. The van der Waals surface area contributed by atoms with Gasteiger partial charge in [-0.15, -0.1) is 0 Å². The molecular weight excluding hydrogens is 220 g/mol. The molecule has 0 amide bonds. The van der Waals surface area contributed by atoms with E-state index in [1.54, 1.807) is 6.07 Å². The minimum Gasteiger partial charge on any atom is -0.477 e. The van der Waals surface area contributed by atoms with E-state index in [1.165, 1.54) is 6.07 Å². The van der Waals surface area contributed by atoms with Crippen molar-refractivity contribution < 1.29 is 15.0 Å². The Kier molecular flexibility index (Phi) is 3.71. The van der Waals surface area contributed by atoms with Gasteiger partial charge < -0.3 is 10.2 Å². The van der Waals surface area contributed by atoms with Gasteiger partial charge in [-0.05, 0) is 25.0 Å². The fraction of sp³-hybridized carbons (Fsp3) is 0.500. The van der Waals surface area contributed by atoms with E-state index in [1.807, 2.05) is 6.07 Å². The molecule has 92 valence electrons. The second-order valence-corrected chi connectivity index (χ2v) is 4.33. The molecule has 1 fully saturated rings. The third-order valence-corrected chi connectivity index (χ3v) is 2.97. The van der Waals surface area contributed by atoms with Gasteiger partial charge in [0.15, 0.2) is 0 Å². The van der Waals surface area contributed by atoms with Crippen molar-refractivity contribution >= 4 is 5.97 Å². The Balaban J connectivity index is 1.98. The zero-order valence-corrected chi connectivity index (χ0v) is 9.54. The van der Waals surface area contributed by atoms with E-state index in [0.717, 1.165) is 31.6 Å². The highest BCUT2D eigenvalue weighted by Gasteiger charge is 2.17.